The summed E-state index contributed by atoms with van der Waals surface area (Å²) in [5, 5.41) is 6.56. The largest absolute Gasteiger partial charge is 0.453 e. The van der Waals surface area contributed by atoms with E-state index in [1.54, 1.807) is 49.3 Å². The third kappa shape index (κ3) is 6.56. The molecule has 0 radical (unpaired) electrons. The fraction of sp³-hybridized carbons (Fsp3) is 0.409. The Morgan fingerprint density at radius 2 is 2.13 bits per heavy atom. The summed E-state index contributed by atoms with van der Waals surface area (Å²) in [5.74, 6) is 0.807. The first-order valence-corrected chi connectivity index (χ1v) is 10.3. The van der Waals surface area contributed by atoms with Gasteiger partial charge >= 0.3 is 6.09 Å². The zero-order chi connectivity index (χ0) is 22.1. The molecule has 0 aliphatic carbocycles. The number of likely N-dealkylation sites (tertiary alicyclic amines) is 1. The van der Waals surface area contributed by atoms with Gasteiger partial charge in [0, 0.05) is 38.9 Å². The number of hydrogen-bond acceptors (Lipinski definition) is 5. The molecule has 1 fully saturated rings. The number of pyridine rings is 1. The molecule has 8 nitrogen and oxygen atoms in total. The molecule has 0 unspecified atom stereocenters. The minimum Gasteiger partial charge on any atom is -0.453 e. The van der Waals surface area contributed by atoms with Crippen molar-refractivity contribution in [1.29, 1.82) is 0 Å². The molecule has 0 spiro atoms. The third-order valence-corrected chi connectivity index (χ3v) is 4.90. The summed E-state index contributed by atoms with van der Waals surface area (Å²) in [7, 11) is 1.69. The van der Waals surface area contributed by atoms with Crippen molar-refractivity contribution in [1.82, 2.24) is 20.5 Å². The molecule has 2 aromatic rings. The van der Waals surface area contributed by atoms with Gasteiger partial charge in [-0.05, 0) is 49.6 Å². The molecule has 0 saturated carbocycles. The predicted octanol–water partition coefficient (Wildman–Crippen LogP) is 3.30. The lowest BCUT2D eigenvalue weighted by atomic mass is 10.1. The van der Waals surface area contributed by atoms with E-state index in [1.807, 2.05) is 0 Å². The van der Waals surface area contributed by atoms with Crippen LogP contribution in [0, 0.1) is 5.82 Å². The van der Waals surface area contributed by atoms with Gasteiger partial charge in [0.05, 0.1) is 12.8 Å². The Morgan fingerprint density at radius 3 is 2.77 bits per heavy atom. The van der Waals surface area contributed by atoms with Gasteiger partial charge in [-0.25, -0.2) is 9.18 Å². The molecule has 0 atom stereocenters. The summed E-state index contributed by atoms with van der Waals surface area (Å²) in [5.41, 5.74) is 0.760. The lowest BCUT2D eigenvalue weighted by Crippen LogP contribution is -2.49. The van der Waals surface area contributed by atoms with Gasteiger partial charge in [0.1, 0.15) is 5.75 Å². The number of guanidine groups is 1. The van der Waals surface area contributed by atoms with Crippen molar-refractivity contribution in [2.24, 2.45) is 4.99 Å². The average Bonchev–Trinajstić information content (AvgIpc) is 2.79. The van der Waals surface area contributed by atoms with Crippen molar-refractivity contribution in [3.8, 4) is 11.5 Å². The topological polar surface area (TPSA) is 88.1 Å². The first-order valence-electron chi connectivity index (χ1n) is 10.3. The lowest BCUT2D eigenvalue weighted by Gasteiger charge is -2.32. The lowest BCUT2D eigenvalue weighted by molar-refractivity contribution is 0.0963. The van der Waals surface area contributed by atoms with Gasteiger partial charge in [-0.15, -0.1) is 0 Å². The number of carbonyl (C=O) groups excluding carboxylic acids is 1. The highest BCUT2D eigenvalue weighted by atomic mass is 19.1. The van der Waals surface area contributed by atoms with Crippen LogP contribution in [0.4, 0.5) is 9.18 Å². The first-order chi connectivity index (χ1) is 15.1. The fourth-order valence-electron chi connectivity index (χ4n) is 3.27. The highest BCUT2D eigenvalue weighted by Gasteiger charge is 2.24. The summed E-state index contributed by atoms with van der Waals surface area (Å²) < 4.78 is 25.0. The van der Waals surface area contributed by atoms with Crippen LogP contribution in [0.15, 0.2) is 47.7 Å². The summed E-state index contributed by atoms with van der Waals surface area (Å²) in [6, 6.07) is 8.47. The molecule has 9 heteroatoms. The highest BCUT2D eigenvalue weighted by Crippen LogP contribution is 2.24. The van der Waals surface area contributed by atoms with E-state index in [9.17, 15) is 9.18 Å². The number of piperidine rings is 1. The van der Waals surface area contributed by atoms with Crippen molar-refractivity contribution in [2.45, 2.75) is 32.4 Å². The van der Waals surface area contributed by atoms with E-state index in [4.69, 9.17) is 9.47 Å². The molecular weight excluding hydrogens is 401 g/mol. The Kier molecular flexibility index (Phi) is 8.03. The summed E-state index contributed by atoms with van der Waals surface area (Å²) >= 11 is 0. The molecule has 1 aliphatic heterocycles. The van der Waals surface area contributed by atoms with Gasteiger partial charge < -0.3 is 25.0 Å². The second-order valence-electron chi connectivity index (χ2n) is 7.09. The molecule has 3 rings (SSSR count). The van der Waals surface area contributed by atoms with Crippen LogP contribution in [0.3, 0.4) is 0 Å². The number of hydrogen-bond donors (Lipinski definition) is 2. The number of rotatable bonds is 6. The van der Waals surface area contributed by atoms with Gasteiger partial charge in [0.25, 0.3) is 0 Å². The zero-order valence-corrected chi connectivity index (χ0v) is 17.8. The van der Waals surface area contributed by atoms with Crippen LogP contribution in [0.5, 0.6) is 11.5 Å². The quantitative estimate of drug-likeness (QED) is 0.541. The van der Waals surface area contributed by atoms with Gasteiger partial charge in [-0.3, -0.25) is 9.98 Å². The normalized spacial score (nSPS) is 14.8. The van der Waals surface area contributed by atoms with E-state index in [-0.39, 0.29) is 17.9 Å². The van der Waals surface area contributed by atoms with Crippen LogP contribution in [-0.2, 0) is 11.3 Å². The van der Waals surface area contributed by atoms with Crippen molar-refractivity contribution in [3.05, 3.63) is 54.1 Å². The molecule has 2 N–H and O–H groups in total. The maximum atomic E-state index is 14.4. The summed E-state index contributed by atoms with van der Waals surface area (Å²) in [4.78, 5) is 21.7. The van der Waals surface area contributed by atoms with Gasteiger partial charge in [-0.2, -0.15) is 0 Å². The molecule has 1 amide bonds. The van der Waals surface area contributed by atoms with Crippen LogP contribution in [-0.4, -0.2) is 54.7 Å². The van der Waals surface area contributed by atoms with Crippen molar-refractivity contribution >= 4 is 12.1 Å². The highest BCUT2D eigenvalue weighted by molar-refractivity contribution is 5.80. The monoisotopic (exact) mass is 429 g/mol. The molecule has 1 saturated heterocycles. The average molecular weight is 429 g/mol. The number of nitrogens with one attached hydrogen (secondary N) is 2. The van der Waals surface area contributed by atoms with Gasteiger partial charge in [0.2, 0.25) is 0 Å². The van der Waals surface area contributed by atoms with Crippen molar-refractivity contribution in [2.75, 3.05) is 26.7 Å². The standard InChI is InChI=1S/C22H28FN5O3/c1-3-30-22(29)28-11-8-17(9-12-28)27-21(24-2)26-14-16-6-7-20(19(23)13-16)31-18-5-4-10-25-15-18/h4-7,10,13,15,17H,3,8-9,11-12,14H2,1-2H3,(H2,24,26,27). The van der Waals surface area contributed by atoms with Gasteiger partial charge in [-0.1, -0.05) is 6.07 Å². The van der Waals surface area contributed by atoms with Crippen LogP contribution >= 0.6 is 0 Å². The van der Waals surface area contributed by atoms with E-state index in [1.165, 1.54) is 12.3 Å². The second kappa shape index (κ2) is 11.1. The van der Waals surface area contributed by atoms with E-state index in [2.05, 4.69) is 20.6 Å². The van der Waals surface area contributed by atoms with E-state index in [0.29, 0.717) is 38.0 Å². The van der Waals surface area contributed by atoms with Crippen LogP contribution < -0.4 is 15.4 Å². The molecule has 31 heavy (non-hydrogen) atoms. The Morgan fingerprint density at radius 1 is 1.32 bits per heavy atom. The Labute approximate surface area is 181 Å². The van der Waals surface area contributed by atoms with Crippen LogP contribution in [0.25, 0.3) is 0 Å². The number of ether oxygens (including phenoxy) is 2. The maximum Gasteiger partial charge on any atom is 0.409 e. The van der Waals surface area contributed by atoms with Crippen molar-refractivity contribution in [3.63, 3.8) is 0 Å². The van der Waals surface area contributed by atoms with E-state index in [0.717, 1.165) is 18.4 Å². The van der Waals surface area contributed by atoms with E-state index < -0.39 is 5.82 Å². The number of nitrogens with zero attached hydrogens (tertiary/aromatic N) is 3. The minimum absolute atomic E-state index is 0.146. The first kappa shape index (κ1) is 22.3. The number of aliphatic imine (C=N–C) groups is 1. The molecule has 1 aliphatic rings. The van der Waals surface area contributed by atoms with Crippen LogP contribution in [0.1, 0.15) is 25.3 Å². The molecule has 2 heterocycles. The number of halogens is 1. The molecule has 166 valence electrons. The number of carbonyl (C=O) groups is 1. The Bertz CT molecular complexity index is 886. The van der Waals surface area contributed by atoms with Gasteiger partial charge in [0.15, 0.2) is 17.5 Å². The maximum absolute atomic E-state index is 14.4. The zero-order valence-electron chi connectivity index (χ0n) is 17.8. The van der Waals surface area contributed by atoms with E-state index >= 15 is 0 Å². The Balaban J connectivity index is 1.47. The molecule has 1 aromatic heterocycles. The second-order valence-corrected chi connectivity index (χ2v) is 7.09. The molecule has 1 aromatic carbocycles. The number of amides is 1. The number of benzene rings is 1. The SMILES string of the molecule is CCOC(=O)N1CCC(NC(=NC)NCc2ccc(Oc3cccnc3)c(F)c2)CC1. The summed E-state index contributed by atoms with van der Waals surface area (Å²) in [6.45, 7) is 3.86. The number of aromatic nitrogens is 1. The van der Waals surface area contributed by atoms with Crippen LogP contribution in [0.2, 0.25) is 0 Å². The molecule has 0 bridgehead atoms. The minimum atomic E-state index is -0.447. The third-order valence-electron chi connectivity index (χ3n) is 4.90. The Hall–Kier alpha value is -3.36. The summed E-state index contributed by atoms with van der Waals surface area (Å²) in [6.07, 6.45) is 4.49. The predicted molar refractivity (Wildman–Crippen MR) is 116 cm³/mol. The smallest absolute Gasteiger partial charge is 0.409 e. The molecular formula is C22H28FN5O3. The van der Waals surface area contributed by atoms with Crippen molar-refractivity contribution < 1.29 is 18.7 Å². The fourth-order valence-corrected chi connectivity index (χ4v) is 3.27.